The molecule has 1 unspecified atom stereocenters. The van der Waals surface area contributed by atoms with Gasteiger partial charge in [0.05, 0.1) is 39.3 Å². The number of carbonyl (C=O) groups excluding carboxylic acids is 1. The van der Waals surface area contributed by atoms with Crippen LogP contribution in [0.3, 0.4) is 0 Å². The SMILES string of the molecule is CCOc1cncc(N2CCOCC2C(=O)OC)n1. The molecule has 19 heavy (non-hydrogen) atoms. The third-order valence-electron chi connectivity index (χ3n) is 2.79. The van der Waals surface area contributed by atoms with Gasteiger partial charge in [0.1, 0.15) is 0 Å². The van der Waals surface area contributed by atoms with E-state index in [0.717, 1.165) is 0 Å². The summed E-state index contributed by atoms with van der Waals surface area (Å²) in [5, 5.41) is 0. The molecule has 1 aliphatic heterocycles. The van der Waals surface area contributed by atoms with Crippen molar-refractivity contribution in [3.05, 3.63) is 12.4 Å². The Hall–Kier alpha value is -1.89. The maximum atomic E-state index is 11.7. The van der Waals surface area contributed by atoms with Gasteiger partial charge in [0.15, 0.2) is 11.9 Å². The van der Waals surface area contributed by atoms with Crippen LogP contribution in [-0.4, -0.2) is 55.5 Å². The van der Waals surface area contributed by atoms with Gasteiger partial charge in [-0.15, -0.1) is 0 Å². The van der Waals surface area contributed by atoms with Gasteiger partial charge in [-0.2, -0.15) is 4.98 Å². The summed E-state index contributed by atoms with van der Waals surface area (Å²) in [6.07, 6.45) is 3.14. The highest BCUT2D eigenvalue weighted by atomic mass is 16.5. The minimum Gasteiger partial charge on any atom is -0.477 e. The number of rotatable bonds is 4. The lowest BCUT2D eigenvalue weighted by molar-refractivity contribution is -0.144. The molecule has 1 fully saturated rings. The van der Waals surface area contributed by atoms with Crippen molar-refractivity contribution in [1.82, 2.24) is 9.97 Å². The smallest absolute Gasteiger partial charge is 0.330 e. The zero-order valence-electron chi connectivity index (χ0n) is 11.0. The largest absolute Gasteiger partial charge is 0.477 e. The predicted molar refractivity (Wildman–Crippen MR) is 67.2 cm³/mol. The summed E-state index contributed by atoms with van der Waals surface area (Å²) in [4.78, 5) is 22.0. The van der Waals surface area contributed by atoms with Gasteiger partial charge >= 0.3 is 5.97 Å². The summed E-state index contributed by atoms with van der Waals surface area (Å²) in [5.41, 5.74) is 0. The van der Waals surface area contributed by atoms with Gasteiger partial charge in [-0.25, -0.2) is 4.79 Å². The third-order valence-corrected chi connectivity index (χ3v) is 2.79. The average molecular weight is 267 g/mol. The van der Waals surface area contributed by atoms with Crippen LogP contribution in [0, 0.1) is 0 Å². The molecule has 1 aromatic heterocycles. The predicted octanol–water partition coefficient (Wildman–Crippen LogP) is 0.253. The molecular weight excluding hydrogens is 250 g/mol. The number of ether oxygens (including phenoxy) is 3. The van der Waals surface area contributed by atoms with Crippen LogP contribution < -0.4 is 9.64 Å². The van der Waals surface area contributed by atoms with Crippen molar-refractivity contribution in [1.29, 1.82) is 0 Å². The molecule has 1 aromatic rings. The van der Waals surface area contributed by atoms with E-state index < -0.39 is 6.04 Å². The highest BCUT2D eigenvalue weighted by Gasteiger charge is 2.31. The molecular formula is C12H17N3O4. The Kier molecular flexibility index (Phi) is 4.51. The van der Waals surface area contributed by atoms with Gasteiger partial charge in [-0.1, -0.05) is 0 Å². The zero-order chi connectivity index (χ0) is 13.7. The van der Waals surface area contributed by atoms with Crippen molar-refractivity contribution in [2.24, 2.45) is 0 Å². The fourth-order valence-electron chi connectivity index (χ4n) is 1.90. The van der Waals surface area contributed by atoms with Crippen LogP contribution in [-0.2, 0) is 14.3 Å². The monoisotopic (exact) mass is 267 g/mol. The summed E-state index contributed by atoms with van der Waals surface area (Å²) in [7, 11) is 1.36. The molecule has 0 aromatic carbocycles. The molecule has 1 saturated heterocycles. The lowest BCUT2D eigenvalue weighted by atomic mass is 10.2. The average Bonchev–Trinajstić information content (AvgIpc) is 2.47. The zero-order valence-corrected chi connectivity index (χ0v) is 11.0. The Labute approximate surface area is 111 Å². The molecule has 1 aliphatic rings. The summed E-state index contributed by atoms with van der Waals surface area (Å²) < 4.78 is 15.4. The van der Waals surface area contributed by atoms with Crippen molar-refractivity contribution >= 4 is 11.8 Å². The van der Waals surface area contributed by atoms with E-state index in [1.807, 2.05) is 11.8 Å². The van der Waals surface area contributed by atoms with Crippen LogP contribution in [0.1, 0.15) is 6.92 Å². The van der Waals surface area contributed by atoms with Gasteiger partial charge in [-0.3, -0.25) is 4.98 Å². The number of nitrogens with zero attached hydrogens (tertiary/aromatic N) is 3. The first-order valence-electron chi connectivity index (χ1n) is 6.13. The van der Waals surface area contributed by atoms with Crippen molar-refractivity contribution in [2.45, 2.75) is 13.0 Å². The number of hydrogen-bond acceptors (Lipinski definition) is 7. The first-order chi connectivity index (χ1) is 9.26. The highest BCUT2D eigenvalue weighted by molar-refractivity contribution is 5.80. The topological polar surface area (TPSA) is 73.8 Å². The fraction of sp³-hybridized carbons (Fsp3) is 0.583. The van der Waals surface area contributed by atoms with Crippen LogP contribution in [0.4, 0.5) is 5.82 Å². The van der Waals surface area contributed by atoms with Crippen molar-refractivity contribution in [2.75, 3.05) is 38.4 Å². The lowest BCUT2D eigenvalue weighted by Gasteiger charge is -2.34. The molecule has 0 bridgehead atoms. The van der Waals surface area contributed by atoms with Gasteiger partial charge < -0.3 is 19.1 Å². The molecule has 7 nitrogen and oxygen atoms in total. The van der Waals surface area contributed by atoms with Gasteiger partial charge in [0, 0.05) is 6.54 Å². The highest BCUT2D eigenvalue weighted by Crippen LogP contribution is 2.19. The molecule has 0 amide bonds. The second-order valence-corrected chi connectivity index (χ2v) is 3.96. The standard InChI is InChI=1S/C12H17N3O4/c1-3-19-11-7-13-6-10(14-11)15-4-5-18-8-9(15)12(16)17-2/h6-7,9H,3-5,8H2,1-2H3. The van der Waals surface area contributed by atoms with E-state index in [1.54, 1.807) is 12.4 Å². The van der Waals surface area contributed by atoms with E-state index in [1.165, 1.54) is 7.11 Å². The summed E-state index contributed by atoms with van der Waals surface area (Å²) in [5.74, 6) is 0.683. The number of carbonyl (C=O) groups is 1. The van der Waals surface area contributed by atoms with Gasteiger partial charge in [0.2, 0.25) is 5.88 Å². The Bertz CT molecular complexity index is 441. The number of anilines is 1. The van der Waals surface area contributed by atoms with Crippen molar-refractivity contribution < 1.29 is 19.0 Å². The Balaban J connectivity index is 2.21. The summed E-state index contributed by atoms with van der Waals surface area (Å²) in [6, 6.07) is -0.495. The molecule has 0 radical (unpaired) electrons. The molecule has 0 aliphatic carbocycles. The molecule has 0 saturated carbocycles. The summed E-state index contributed by atoms with van der Waals surface area (Å²) >= 11 is 0. The molecule has 7 heteroatoms. The van der Waals surface area contributed by atoms with E-state index in [9.17, 15) is 4.79 Å². The number of hydrogen-bond donors (Lipinski definition) is 0. The lowest BCUT2D eigenvalue weighted by Crippen LogP contribution is -2.51. The molecule has 1 atom stereocenters. The second-order valence-electron chi connectivity index (χ2n) is 3.96. The molecule has 2 rings (SSSR count). The maximum absolute atomic E-state index is 11.7. The first kappa shape index (κ1) is 13.5. The second kappa shape index (κ2) is 6.33. The number of esters is 1. The minimum atomic E-state index is -0.495. The molecule has 2 heterocycles. The van der Waals surface area contributed by atoms with Crippen LogP contribution in [0.15, 0.2) is 12.4 Å². The van der Waals surface area contributed by atoms with E-state index in [4.69, 9.17) is 14.2 Å². The fourth-order valence-corrected chi connectivity index (χ4v) is 1.90. The van der Waals surface area contributed by atoms with Crippen molar-refractivity contribution in [3.8, 4) is 5.88 Å². The van der Waals surface area contributed by atoms with E-state index in [2.05, 4.69) is 9.97 Å². The quantitative estimate of drug-likeness (QED) is 0.724. The van der Waals surface area contributed by atoms with Crippen LogP contribution in [0.5, 0.6) is 5.88 Å². The molecule has 104 valence electrons. The van der Waals surface area contributed by atoms with Crippen LogP contribution in [0.2, 0.25) is 0 Å². The Morgan fingerprint density at radius 2 is 2.42 bits per heavy atom. The number of methoxy groups -OCH3 is 1. The van der Waals surface area contributed by atoms with Gasteiger partial charge in [-0.05, 0) is 6.92 Å². The maximum Gasteiger partial charge on any atom is 0.330 e. The summed E-state index contributed by atoms with van der Waals surface area (Å²) in [6.45, 7) is 3.77. The first-order valence-corrected chi connectivity index (χ1v) is 6.13. The number of morpholine rings is 1. The van der Waals surface area contributed by atoms with Crippen LogP contribution >= 0.6 is 0 Å². The number of aromatic nitrogens is 2. The van der Waals surface area contributed by atoms with Gasteiger partial charge in [0.25, 0.3) is 0 Å². The van der Waals surface area contributed by atoms with Crippen molar-refractivity contribution in [3.63, 3.8) is 0 Å². The Morgan fingerprint density at radius 3 is 3.16 bits per heavy atom. The molecule has 0 N–H and O–H groups in total. The third kappa shape index (κ3) is 3.11. The van der Waals surface area contributed by atoms with Crippen LogP contribution in [0.25, 0.3) is 0 Å². The Morgan fingerprint density at radius 1 is 1.58 bits per heavy atom. The van der Waals surface area contributed by atoms with E-state index in [-0.39, 0.29) is 12.6 Å². The molecule has 0 spiro atoms. The normalized spacial score (nSPS) is 19.1. The van der Waals surface area contributed by atoms with E-state index >= 15 is 0 Å². The minimum absolute atomic E-state index is 0.285. The van der Waals surface area contributed by atoms with E-state index in [0.29, 0.717) is 31.5 Å².